The summed E-state index contributed by atoms with van der Waals surface area (Å²) in [5.41, 5.74) is 5.43. The summed E-state index contributed by atoms with van der Waals surface area (Å²) >= 11 is 0. The van der Waals surface area contributed by atoms with Crippen molar-refractivity contribution in [3.63, 3.8) is 0 Å². The topological polar surface area (TPSA) is 0 Å². The van der Waals surface area contributed by atoms with Crippen LogP contribution in [0.25, 0.3) is 10.8 Å². The fraction of sp³-hybridized carbons (Fsp3) is 0.154. The van der Waals surface area contributed by atoms with Gasteiger partial charge in [0.05, 0.1) is 0 Å². The first kappa shape index (κ1) is 16.6. The summed E-state index contributed by atoms with van der Waals surface area (Å²) in [7, 11) is 0. The molecule has 0 saturated heterocycles. The smallest absolute Gasteiger partial charge is 0.0346 e. The van der Waals surface area contributed by atoms with Crippen LogP contribution in [0.3, 0.4) is 0 Å². The van der Waals surface area contributed by atoms with E-state index in [1.165, 1.54) is 33.0 Å². The zero-order valence-corrected chi connectivity index (χ0v) is 15.4. The van der Waals surface area contributed by atoms with Crippen molar-refractivity contribution in [3.8, 4) is 0 Å². The first-order valence-corrected chi connectivity index (χ1v) is 9.36. The van der Waals surface area contributed by atoms with Crippen molar-refractivity contribution >= 4 is 10.8 Å². The standard InChI is InChI=1S/C26H24/c1-19(2)20-15-17-23(18-16-20)26(22-10-4-3-5-11-22)25-14-8-12-21-9-6-7-13-24(21)25/h3-19,26H,1-2H3. The molecular formula is C26H24. The van der Waals surface area contributed by atoms with Gasteiger partial charge >= 0.3 is 0 Å². The van der Waals surface area contributed by atoms with Crippen molar-refractivity contribution in [1.29, 1.82) is 0 Å². The van der Waals surface area contributed by atoms with Crippen LogP contribution < -0.4 is 0 Å². The van der Waals surface area contributed by atoms with Crippen LogP contribution in [0.5, 0.6) is 0 Å². The lowest BCUT2D eigenvalue weighted by atomic mass is 9.82. The van der Waals surface area contributed by atoms with E-state index in [0.717, 1.165) is 0 Å². The quantitative estimate of drug-likeness (QED) is 0.347. The molecule has 0 bridgehead atoms. The maximum Gasteiger partial charge on any atom is 0.0346 e. The minimum atomic E-state index is 0.239. The number of benzene rings is 4. The lowest BCUT2D eigenvalue weighted by molar-refractivity contribution is 0.863. The third-order valence-corrected chi connectivity index (χ3v) is 5.20. The van der Waals surface area contributed by atoms with E-state index in [1.54, 1.807) is 0 Å². The Morgan fingerprint density at radius 3 is 1.81 bits per heavy atom. The minimum Gasteiger partial charge on any atom is -0.0622 e. The summed E-state index contributed by atoms with van der Waals surface area (Å²) in [5.74, 6) is 0.792. The van der Waals surface area contributed by atoms with E-state index in [0.29, 0.717) is 5.92 Å². The molecule has 0 radical (unpaired) electrons. The van der Waals surface area contributed by atoms with Gasteiger partial charge in [0.15, 0.2) is 0 Å². The van der Waals surface area contributed by atoms with Crippen LogP contribution in [-0.2, 0) is 0 Å². The molecule has 0 heteroatoms. The molecule has 1 atom stereocenters. The lowest BCUT2D eigenvalue weighted by Crippen LogP contribution is -2.04. The molecule has 0 N–H and O–H groups in total. The Morgan fingerprint density at radius 1 is 0.500 bits per heavy atom. The van der Waals surface area contributed by atoms with Gasteiger partial charge in [-0.05, 0) is 38.9 Å². The second-order valence-corrected chi connectivity index (χ2v) is 7.23. The van der Waals surface area contributed by atoms with Crippen molar-refractivity contribution in [2.45, 2.75) is 25.7 Å². The fourth-order valence-electron chi connectivity index (χ4n) is 3.77. The molecule has 4 aromatic carbocycles. The van der Waals surface area contributed by atoms with Crippen molar-refractivity contribution in [3.05, 3.63) is 119 Å². The van der Waals surface area contributed by atoms with Gasteiger partial charge in [-0.15, -0.1) is 0 Å². The van der Waals surface area contributed by atoms with E-state index < -0.39 is 0 Å². The predicted octanol–water partition coefficient (Wildman–Crippen LogP) is 7.14. The third kappa shape index (κ3) is 3.15. The van der Waals surface area contributed by atoms with Gasteiger partial charge in [0.25, 0.3) is 0 Å². The zero-order valence-electron chi connectivity index (χ0n) is 15.4. The Kier molecular flexibility index (Phi) is 4.58. The van der Waals surface area contributed by atoms with Gasteiger partial charge in [-0.3, -0.25) is 0 Å². The van der Waals surface area contributed by atoms with Gasteiger partial charge in [-0.25, -0.2) is 0 Å². The molecule has 4 rings (SSSR count). The lowest BCUT2D eigenvalue weighted by Gasteiger charge is -2.21. The Balaban J connectivity index is 1.91. The molecule has 128 valence electrons. The average molecular weight is 336 g/mol. The molecule has 4 aromatic rings. The van der Waals surface area contributed by atoms with Crippen LogP contribution >= 0.6 is 0 Å². The highest BCUT2D eigenvalue weighted by Crippen LogP contribution is 2.36. The fourth-order valence-corrected chi connectivity index (χ4v) is 3.77. The molecule has 0 aliphatic heterocycles. The molecule has 0 nitrogen and oxygen atoms in total. The van der Waals surface area contributed by atoms with Crippen LogP contribution in [0.1, 0.15) is 47.9 Å². The summed E-state index contributed by atoms with van der Waals surface area (Å²) in [5, 5.41) is 2.63. The first-order valence-electron chi connectivity index (χ1n) is 9.36. The first-order chi connectivity index (χ1) is 12.7. The van der Waals surface area contributed by atoms with Crippen molar-refractivity contribution in [2.24, 2.45) is 0 Å². The molecule has 0 aromatic heterocycles. The molecule has 0 saturated carbocycles. The summed E-state index contributed by atoms with van der Waals surface area (Å²) in [6, 6.07) is 35.3. The Bertz CT molecular complexity index is 990. The third-order valence-electron chi connectivity index (χ3n) is 5.20. The summed E-state index contributed by atoms with van der Waals surface area (Å²) in [4.78, 5) is 0. The summed E-state index contributed by atoms with van der Waals surface area (Å²) in [6.45, 7) is 4.49. The van der Waals surface area contributed by atoms with Gasteiger partial charge < -0.3 is 0 Å². The van der Waals surface area contributed by atoms with E-state index >= 15 is 0 Å². The number of fused-ring (bicyclic) bond motifs is 1. The van der Waals surface area contributed by atoms with Gasteiger partial charge in [0.2, 0.25) is 0 Å². The van der Waals surface area contributed by atoms with E-state index in [2.05, 4.69) is 111 Å². The normalized spacial score (nSPS) is 12.4. The van der Waals surface area contributed by atoms with E-state index in [1.807, 2.05) is 0 Å². The monoisotopic (exact) mass is 336 g/mol. The molecule has 0 heterocycles. The SMILES string of the molecule is CC(C)c1ccc(C(c2ccccc2)c2cccc3ccccc23)cc1. The highest BCUT2D eigenvalue weighted by molar-refractivity contribution is 5.87. The van der Waals surface area contributed by atoms with Gasteiger partial charge in [0, 0.05) is 5.92 Å². The molecule has 0 spiro atoms. The summed E-state index contributed by atoms with van der Waals surface area (Å²) in [6.07, 6.45) is 0. The zero-order chi connectivity index (χ0) is 17.9. The Morgan fingerprint density at radius 2 is 1.08 bits per heavy atom. The van der Waals surface area contributed by atoms with Gasteiger partial charge in [-0.2, -0.15) is 0 Å². The Labute approximate surface area is 156 Å². The predicted molar refractivity (Wildman–Crippen MR) is 112 cm³/mol. The molecule has 0 aliphatic rings. The van der Waals surface area contributed by atoms with Crippen LogP contribution in [-0.4, -0.2) is 0 Å². The maximum absolute atomic E-state index is 2.30. The molecule has 1 unspecified atom stereocenters. The number of hydrogen-bond donors (Lipinski definition) is 0. The van der Waals surface area contributed by atoms with Crippen molar-refractivity contribution in [2.75, 3.05) is 0 Å². The van der Waals surface area contributed by atoms with Gasteiger partial charge in [-0.1, -0.05) is 111 Å². The minimum absolute atomic E-state index is 0.239. The van der Waals surface area contributed by atoms with E-state index in [4.69, 9.17) is 0 Å². The average Bonchev–Trinajstić information content (AvgIpc) is 2.70. The van der Waals surface area contributed by atoms with E-state index in [9.17, 15) is 0 Å². The molecular weight excluding hydrogens is 312 g/mol. The number of rotatable bonds is 4. The maximum atomic E-state index is 2.30. The Hall–Kier alpha value is -2.86. The van der Waals surface area contributed by atoms with Crippen LogP contribution in [0, 0.1) is 0 Å². The van der Waals surface area contributed by atoms with Crippen LogP contribution in [0.2, 0.25) is 0 Å². The second kappa shape index (κ2) is 7.17. The molecule has 0 fully saturated rings. The highest BCUT2D eigenvalue weighted by Gasteiger charge is 2.19. The van der Waals surface area contributed by atoms with Crippen LogP contribution in [0.4, 0.5) is 0 Å². The van der Waals surface area contributed by atoms with Crippen molar-refractivity contribution in [1.82, 2.24) is 0 Å². The van der Waals surface area contributed by atoms with Crippen molar-refractivity contribution < 1.29 is 0 Å². The summed E-state index contributed by atoms with van der Waals surface area (Å²) < 4.78 is 0. The second-order valence-electron chi connectivity index (χ2n) is 7.23. The van der Waals surface area contributed by atoms with E-state index in [-0.39, 0.29) is 5.92 Å². The molecule has 0 aliphatic carbocycles. The van der Waals surface area contributed by atoms with Gasteiger partial charge in [0.1, 0.15) is 0 Å². The highest BCUT2D eigenvalue weighted by atomic mass is 14.2. The number of hydrogen-bond acceptors (Lipinski definition) is 0. The molecule has 26 heavy (non-hydrogen) atoms. The largest absolute Gasteiger partial charge is 0.0622 e. The molecule has 0 amide bonds. The van der Waals surface area contributed by atoms with Crippen LogP contribution in [0.15, 0.2) is 97.1 Å².